The molecule has 6 nitrogen and oxygen atoms in total. The molecule has 7 heteroatoms. The first-order valence-electron chi connectivity index (χ1n) is 2.92. The lowest BCUT2D eigenvalue weighted by atomic mass is 10.7. The smallest absolute Gasteiger partial charge is 0.208 e. The first kappa shape index (κ1) is 10.2. The monoisotopic (exact) mass is 180 g/mol. The second kappa shape index (κ2) is 4.14. The van der Waals surface area contributed by atoms with E-state index >= 15 is 0 Å². The zero-order valence-corrected chi connectivity index (χ0v) is 7.06. The van der Waals surface area contributed by atoms with E-state index in [9.17, 15) is 8.42 Å². The predicted molar refractivity (Wildman–Crippen MR) is 43.5 cm³/mol. The molecule has 0 unspecified atom stereocenters. The minimum atomic E-state index is -3.12. The molecule has 0 radical (unpaired) electrons. The lowest BCUT2D eigenvalue weighted by Crippen LogP contribution is -2.27. The van der Waals surface area contributed by atoms with Crippen molar-refractivity contribution in [3.05, 3.63) is 0 Å². The quantitative estimate of drug-likeness (QED) is 0.259. The predicted octanol–water partition coefficient (Wildman–Crippen LogP) is -2.19. The number of nitrogens with two attached hydrogens (primary N) is 2. The summed E-state index contributed by atoms with van der Waals surface area (Å²) in [6.45, 7) is 0.478. The molecule has 0 aliphatic rings. The van der Waals surface area contributed by atoms with Crippen molar-refractivity contribution in [2.45, 2.75) is 0 Å². The SMILES string of the molecule is CS(=O)(=O)NCCN=C(N)N. The summed E-state index contributed by atoms with van der Waals surface area (Å²) in [5.74, 6) is -0.0414. The van der Waals surface area contributed by atoms with Crippen LogP contribution < -0.4 is 16.2 Å². The lowest BCUT2D eigenvalue weighted by molar-refractivity contribution is 0.588. The van der Waals surface area contributed by atoms with Crippen LogP contribution in [-0.4, -0.2) is 33.7 Å². The Morgan fingerprint density at radius 2 is 2.09 bits per heavy atom. The van der Waals surface area contributed by atoms with E-state index in [-0.39, 0.29) is 19.0 Å². The number of rotatable bonds is 4. The van der Waals surface area contributed by atoms with Gasteiger partial charge in [-0.1, -0.05) is 0 Å². The van der Waals surface area contributed by atoms with Crippen molar-refractivity contribution < 1.29 is 8.42 Å². The van der Waals surface area contributed by atoms with Gasteiger partial charge < -0.3 is 11.5 Å². The third-order valence-electron chi connectivity index (χ3n) is 0.770. The number of aliphatic imine (C=N–C) groups is 1. The summed E-state index contributed by atoms with van der Waals surface area (Å²) in [4.78, 5) is 3.57. The van der Waals surface area contributed by atoms with Gasteiger partial charge in [-0.05, 0) is 0 Å². The van der Waals surface area contributed by atoms with Gasteiger partial charge >= 0.3 is 0 Å². The van der Waals surface area contributed by atoms with Crippen molar-refractivity contribution in [2.75, 3.05) is 19.3 Å². The molecule has 0 bridgehead atoms. The van der Waals surface area contributed by atoms with Crippen LogP contribution in [0.2, 0.25) is 0 Å². The lowest BCUT2D eigenvalue weighted by Gasteiger charge is -1.97. The summed E-state index contributed by atoms with van der Waals surface area (Å²) < 4.78 is 23.1. The highest BCUT2D eigenvalue weighted by Crippen LogP contribution is 1.73. The van der Waals surface area contributed by atoms with Crippen LogP contribution in [0, 0.1) is 0 Å². The summed E-state index contributed by atoms with van der Waals surface area (Å²) in [6, 6.07) is 0. The number of hydrogen-bond donors (Lipinski definition) is 3. The van der Waals surface area contributed by atoms with Crippen LogP contribution in [0.4, 0.5) is 0 Å². The van der Waals surface area contributed by atoms with Crippen LogP contribution in [0.25, 0.3) is 0 Å². The number of sulfonamides is 1. The molecule has 0 rings (SSSR count). The van der Waals surface area contributed by atoms with Crippen LogP contribution in [0.5, 0.6) is 0 Å². The largest absolute Gasteiger partial charge is 0.370 e. The van der Waals surface area contributed by atoms with Gasteiger partial charge in [0.2, 0.25) is 10.0 Å². The van der Waals surface area contributed by atoms with E-state index in [2.05, 4.69) is 9.71 Å². The highest BCUT2D eigenvalue weighted by Gasteiger charge is 1.96. The molecule has 0 aliphatic carbocycles. The molecule has 11 heavy (non-hydrogen) atoms. The van der Waals surface area contributed by atoms with E-state index in [0.29, 0.717) is 0 Å². The van der Waals surface area contributed by atoms with E-state index in [1.165, 1.54) is 0 Å². The maximum atomic E-state index is 10.5. The molecule has 0 saturated carbocycles. The minimum Gasteiger partial charge on any atom is -0.370 e. The molecule has 0 aromatic heterocycles. The molecule has 66 valence electrons. The molecule has 0 aromatic rings. The topological polar surface area (TPSA) is 111 Å². The highest BCUT2D eigenvalue weighted by molar-refractivity contribution is 7.88. The van der Waals surface area contributed by atoms with Crippen molar-refractivity contribution >= 4 is 16.0 Å². The maximum Gasteiger partial charge on any atom is 0.208 e. The molecular weight excluding hydrogens is 168 g/mol. The molecule has 5 N–H and O–H groups in total. The summed E-state index contributed by atoms with van der Waals surface area (Å²) in [7, 11) is -3.12. The van der Waals surface area contributed by atoms with E-state index in [4.69, 9.17) is 11.5 Å². The van der Waals surface area contributed by atoms with Gasteiger partial charge in [0.25, 0.3) is 0 Å². The zero-order chi connectivity index (χ0) is 8.91. The van der Waals surface area contributed by atoms with Crippen molar-refractivity contribution in [1.29, 1.82) is 0 Å². The number of nitrogens with zero attached hydrogens (tertiary/aromatic N) is 1. The first-order chi connectivity index (χ1) is 4.92. The highest BCUT2D eigenvalue weighted by atomic mass is 32.2. The second-order valence-corrected chi connectivity index (χ2v) is 3.81. The van der Waals surface area contributed by atoms with E-state index in [0.717, 1.165) is 6.26 Å². The number of hydrogen-bond acceptors (Lipinski definition) is 3. The molecule has 0 atom stereocenters. The Bertz CT molecular complexity index is 228. The van der Waals surface area contributed by atoms with E-state index < -0.39 is 10.0 Å². The molecule has 0 aromatic carbocycles. The molecule has 0 saturated heterocycles. The molecule has 0 amide bonds. The van der Waals surface area contributed by atoms with Crippen molar-refractivity contribution in [2.24, 2.45) is 16.5 Å². The van der Waals surface area contributed by atoms with Crippen molar-refractivity contribution in [3.63, 3.8) is 0 Å². The average Bonchev–Trinajstić information content (AvgIpc) is 1.78. The second-order valence-electron chi connectivity index (χ2n) is 1.97. The summed E-state index contributed by atoms with van der Waals surface area (Å²) >= 11 is 0. The van der Waals surface area contributed by atoms with Crippen LogP contribution >= 0.6 is 0 Å². The normalized spacial score (nSPS) is 11.0. The Kier molecular flexibility index (Phi) is 3.83. The van der Waals surface area contributed by atoms with Crippen LogP contribution in [-0.2, 0) is 10.0 Å². The van der Waals surface area contributed by atoms with Crippen molar-refractivity contribution in [1.82, 2.24) is 4.72 Å². The summed E-state index contributed by atoms with van der Waals surface area (Å²) in [6.07, 6.45) is 1.07. The molecule has 0 spiro atoms. The number of nitrogens with one attached hydrogen (secondary N) is 1. The molecule has 0 fully saturated rings. The zero-order valence-electron chi connectivity index (χ0n) is 6.24. The third-order valence-corrected chi connectivity index (χ3v) is 1.50. The first-order valence-corrected chi connectivity index (χ1v) is 4.81. The van der Waals surface area contributed by atoms with Crippen LogP contribution in [0.15, 0.2) is 4.99 Å². The Morgan fingerprint density at radius 1 is 1.55 bits per heavy atom. The fourth-order valence-electron chi connectivity index (χ4n) is 0.416. The Balaban J connectivity index is 3.53. The van der Waals surface area contributed by atoms with Crippen LogP contribution in [0.3, 0.4) is 0 Å². The fraction of sp³-hybridized carbons (Fsp3) is 0.750. The van der Waals surface area contributed by atoms with E-state index in [1.54, 1.807) is 0 Å². The maximum absolute atomic E-state index is 10.5. The van der Waals surface area contributed by atoms with Gasteiger partial charge in [0, 0.05) is 6.54 Å². The van der Waals surface area contributed by atoms with Gasteiger partial charge in [0.1, 0.15) is 0 Å². The van der Waals surface area contributed by atoms with Crippen LogP contribution in [0.1, 0.15) is 0 Å². The Morgan fingerprint density at radius 3 is 2.45 bits per heavy atom. The van der Waals surface area contributed by atoms with E-state index in [1.807, 2.05) is 0 Å². The average molecular weight is 180 g/mol. The standard InChI is InChI=1S/C4H12N4O2S/c1-11(9,10)8-3-2-7-4(5)6/h8H,2-3H2,1H3,(H4,5,6,7). The number of guanidine groups is 1. The molecule has 0 aliphatic heterocycles. The van der Waals surface area contributed by atoms with Gasteiger partial charge in [-0.15, -0.1) is 0 Å². The molecular formula is C4H12N4O2S. The van der Waals surface area contributed by atoms with Gasteiger partial charge in [0.15, 0.2) is 5.96 Å². The van der Waals surface area contributed by atoms with Gasteiger partial charge in [-0.2, -0.15) is 0 Å². The van der Waals surface area contributed by atoms with Gasteiger partial charge in [-0.25, -0.2) is 13.1 Å². The van der Waals surface area contributed by atoms with Gasteiger partial charge in [-0.3, -0.25) is 4.99 Å². The Hall–Kier alpha value is -0.820. The summed E-state index contributed by atoms with van der Waals surface area (Å²) in [5.41, 5.74) is 9.99. The third kappa shape index (κ3) is 9.18. The Labute approximate surface area is 65.7 Å². The minimum absolute atomic E-state index is 0.0414. The molecule has 0 heterocycles. The fourth-order valence-corrected chi connectivity index (χ4v) is 0.878. The van der Waals surface area contributed by atoms with Crippen molar-refractivity contribution in [3.8, 4) is 0 Å². The van der Waals surface area contributed by atoms with Gasteiger partial charge in [0.05, 0.1) is 12.8 Å². The summed E-state index contributed by atoms with van der Waals surface area (Å²) in [5, 5.41) is 0.